The molecule has 3 nitrogen and oxygen atoms in total. The molecule has 2 aliphatic rings. The van der Waals surface area contributed by atoms with Crippen LogP contribution in [0.25, 0.3) is 0 Å². The third-order valence-corrected chi connectivity index (χ3v) is 6.99. The Hall–Kier alpha value is -0.470. The molecule has 19 heavy (non-hydrogen) atoms. The van der Waals surface area contributed by atoms with Gasteiger partial charge in [-0.05, 0) is 25.5 Å². The van der Waals surface area contributed by atoms with E-state index in [-0.39, 0.29) is 6.10 Å². The standard InChI is InChI=1S/C13H14Cl2O3P/c1-3-13(15)9(2)16-19(8-12(13)14)17-10-6-4-5-7-11(10)18-19/h4-9H,3H2,1-2H3/q+1. The summed E-state index contributed by atoms with van der Waals surface area (Å²) in [5.74, 6) is 3.08. The van der Waals surface area contributed by atoms with Gasteiger partial charge >= 0.3 is 7.94 Å². The molecule has 102 valence electrons. The monoisotopic (exact) mass is 319 g/mol. The summed E-state index contributed by atoms with van der Waals surface area (Å²) < 4.78 is 17.7. The summed E-state index contributed by atoms with van der Waals surface area (Å²) in [7, 11) is -2.61. The Morgan fingerprint density at radius 3 is 2.32 bits per heavy atom. The third-order valence-electron chi connectivity index (χ3n) is 3.43. The Balaban J connectivity index is 1.98. The van der Waals surface area contributed by atoms with E-state index in [1.54, 1.807) is 5.82 Å². The van der Waals surface area contributed by atoms with E-state index in [0.29, 0.717) is 23.0 Å². The van der Waals surface area contributed by atoms with Gasteiger partial charge in [0.15, 0.2) is 5.82 Å². The van der Waals surface area contributed by atoms with Crippen LogP contribution in [0.1, 0.15) is 20.3 Å². The Kier molecular flexibility index (Phi) is 3.22. The van der Waals surface area contributed by atoms with Gasteiger partial charge < -0.3 is 0 Å². The minimum absolute atomic E-state index is 0.278. The lowest BCUT2D eigenvalue weighted by Gasteiger charge is -2.34. The average Bonchev–Trinajstić information content (AvgIpc) is 2.73. The van der Waals surface area contributed by atoms with Gasteiger partial charge in [0.2, 0.25) is 11.5 Å². The van der Waals surface area contributed by atoms with Gasteiger partial charge in [0.1, 0.15) is 11.0 Å². The van der Waals surface area contributed by atoms with Crippen molar-refractivity contribution in [1.82, 2.24) is 0 Å². The van der Waals surface area contributed by atoms with Gasteiger partial charge in [0.05, 0.1) is 5.03 Å². The molecule has 6 heteroatoms. The molecule has 0 radical (unpaired) electrons. The molecule has 0 bridgehead atoms. The first kappa shape index (κ1) is 13.5. The van der Waals surface area contributed by atoms with Crippen molar-refractivity contribution >= 4 is 31.1 Å². The van der Waals surface area contributed by atoms with Crippen molar-refractivity contribution in [2.75, 3.05) is 0 Å². The first-order valence-electron chi connectivity index (χ1n) is 6.12. The number of fused-ring (bicyclic) bond motifs is 1. The molecule has 2 unspecified atom stereocenters. The number of benzene rings is 1. The highest BCUT2D eigenvalue weighted by Gasteiger charge is 2.61. The number of alkyl halides is 1. The van der Waals surface area contributed by atoms with Crippen molar-refractivity contribution in [3.63, 3.8) is 0 Å². The van der Waals surface area contributed by atoms with Crippen molar-refractivity contribution in [3.05, 3.63) is 35.1 Å². The molecule has 0 amide bonds. The van der Waals surface area contributed by atoms with Crippen LogP contribution in [0.3, 0.4) is 0 Å². The van der Waals surface area contributed by atoms with Crippen LogP contribution in [0.15, 0.2) is 35.1 Å². The van der Waals surface area contributed by atoms with Gasteiger partial charge in [-0.25, -0.2) is 0 Å². The van der Waals surface area contributed by atoms with E-state index in [4.69, 9.17) is 36.8 Å². The Labute approximate surface area is 123 Å². The van der Waals surface area contributed by atoms with E-state index in [2.05, 4.69) is 0 Å². The third kappa shape index (κ3) is 2.04. The lowest BCUT2D eigenvalue weighted by atomic mass is 9.99. The van der Waals surface area contributed by atoms with Crippen LogP contribution in [0.2, 0.25) is 0 Å². The summed E-state index contributed by atoms with van der Waals surface area (Å²) in [5, 5.41) is 0.538. The largest absolute Gasteiger partial charge is 0.529 e. The second-order valence-corrected chi connectivity index (χ2v) is 7.61. The molecule has 1 spiro atoms. The lowest BCUT2D eigenvalue weighted by Crippen LogP contribution is -2.40. The summed E-state index contributed by atoms with van der Waals surface area (Å²) in [6.07, 6.45) is 0.400. The fourth-order valence-electron chi connectivity index (χ4n) is 2.22. The molecule has 0 aliphatic carbocycles. The zero-order valence-corrected chi connectivity index (χ0v) is 13.0. The van der Waals surface area contributed by atoms with E-state index < -0.39 is 12.8 Å². The van der Waals surface area contributed by atoms with E-state index in [1.165, 1.54) is 0 Å². The van der Waals surface area contributed by atoms with Crippen LogP contribution < -0.4 is 9.05 Å². The molecule has 2 aliphatic heterocycles. The molecular formula is C13H14Cl2O3P+. The first-order valence-corrected chi connectivity index (χ1v) is 8.49. The molecule has 0 N–H and O–H groups in total. The average molecular weight is 320 g/mol. The topological polar surface area (TPSA) is 27.7 Å². The van der Waals surface area contributed by atoms with Gasteiger partial charge in [0.25, 0.3) is 0 Å². The Bertz CT molecular complexity index is 523. The molecule has 0 saturated heterocycles. The predicted octanol–water partition coefficient (Wildman–Crippen LogP) is 5.11. The van der Waals surface area contributed by atoms with Crippen LogP contribution in [-0.2, 0) is 4.52 Å². The quantitative estimate of drug-likeness (QED) is 0.532. The van der Waals surface area contributed by atoms with Gasteiger partial charge in [-0.2, -0.15) is 4.52 Å². The normalized spacial score (nSPS) is 31.4. The fourth-order valence-corrected chi connectivity index (χ4v) is 5.37. The van der Waals surface area contributed by atoms with Crippen LogP contribution in [0, 0.1) is 0 Å². The molecule has 1 aromatic carbocycles. The van der Waals surface area contributed by atoms with Gasteiger partial charge in [0, 0.05) is 0 Å². The molecule has 2 atom stereocenters. The number of halogens is 2. The highest BCUT2D eigenvalue weighted by atomic mass is 35.5. The van der Waals surface area contributed by atoms with Gasteiger partial charge in [-0.15, -0.1) is 11.6 Å². The lowest BCUT2D eigenvalue weighted by molar-refractivity contribution is 0.154. The Morgan fingerprint density at radius 1 is 1.26 bits per heavy atom. The van der Waals surface area contributed by atoms with Crippen LogP contribution in [-0.4, -0.2) is 11.0 Å². The summed E-state index contributed by atoms with van der Waals surface area (Å²) >= 11 is 12.9. The summed E-state index contributed by atoms with van der Waals surface area (Å²) in [6, 6.07) is 7.48. The Morgan fingerprint density at radius 2 is 1.84 bits per heavy atom. The molecule has 3 rings (SSSR count). The smallest absolute Gasteiger partial charge is 0.270 e. The zero-order valence-electron chi connectivity index (χ0n) is 10.6. The summed E-state index contributed by atoms with van der Waals surface area (Å²) in [4.78, 5) is -0.700. The second-order valence-electron chi connectivity index (χ2n) is 4.61. The molecule has 0 saturated carbocycles. The van der Waals surface area contributed by atoms with E-state index in [9.17, 15) is 0 Å². The van der Waals surface area contributed by atoms with E-state index in [1.807, 2.05) is 38.1 Å². The van der Waals surface area contributed by atoms with E-state index in [0.717, 1.165) is 0 Å². The van der Waals surface area contributed by atoms with Crippen molar-refractivity contribution in [1.29, 1.82) is 0 Å². The maximum absolute atomic E-state index is 6.51. The molecule has 0 aromatic heterocycles. The predicted molar refractivity (Wildman–Crippen MR) is 78.0 cm³/mol. The molecule has 1 aromatic rings. The minimum Gasteiger partial charge on any atom is -0.270 e. The highest BCUT2D eigenvalue weighted by molar-refractivity contribution is 7.66. The minimum atomic E-state index is -2.61. The van der Waals surface area contributed by atoms with Crippen molar-refractivity contribution in [3.8, 4) is 11.5 Å². The fraction of sp³-hybridized carbons (Fsp3) is 0.385. The molecular weight excluding hydrogens is 306 g/mol. The van der Waals surface area contributed by atoms with Crippen LogP contribution >= 0.6 is 31.1 Å². The first-order chi connectivity index (χ1) is 8.99. The zero-order chi connectivity index (χ0) is 13.7. The van der Waals surface area contributed by atoms with Gasteiger partial charge in [-0.3, -0.25) is 9.05 Å². The highest BCUT2D eigenvalue weighted by Crippen LogP contribution is 2.73. The summed E-state index contributed by atoms with van der Waals surface area (Å²) in [5.41, 5.74) is 0. The number of hydrogen-bond donors (Lipinski definition) is 0. The van der Waals surface area contributed by atoms with Gasteiger partial charge in [-0.1, -0.05) is 30.7 Å². The number of para-hydroxylation sites is 2. The van der Waals surface area contributed by atoms with Crippen molar-refractivity contribution in [2.24, 2.45) is 0 Å². The number of rotatable bonds is 1. The van der Waals surface area contributed by atoms with Crippen LogP contribution in [0.4, 0.5) is 0 Å². The van der Waals surface area contributed by atoms with Crippen molar-refractivity contribution < 1.29 is 13.6 Å². The van der Waals surface area contributed by atoms with E-state index >= 15 is 0 Å². The second kappa shape index (κ2) is 4.53. The summed E-state index contributed by atoms with van der Waals surface area (Å²) in [6.45, 7) is 3.87. The van der Waals surface area contributed by atoms with Crippen LogP contribution in [0.5, 0.6) is 11.5 Å². The SMILES string of the molecule is CCC1(Cl)C(Cl)=C[P+]2(Oc3ccccc3O2)OC1C. The maximum atomic E-state index is 6.51. The number of hydrogen-bond acceptors (Lipinski definition) is 3. The maximum Gasteiger partial charge on any atom is 0.529 e. The van der Waals surface area contributed by atoms with Crippen molar-refractivity contribution in [2.45, 2.75) is 31.2 Å². The molecule has 0 fully saturated rings. The molecule has 2 heterocycles.